The van der Waals surface area contributed by atoms with Crippen LogP contribution in [0.2, 0.25) is 0 Å². The second-order valence-corrected chi connectivity index (χ2v) is 8.99. The van der Waals surface area contributed by atoms with Crippen LogP contribution in [0.25, 0.3) is 11.0 Å². The Labute approximate surface area is 203 Å². The number of hydrogen-bond acceptors (Lipinski definition) is 6. The molecule has 2 N–H and O–H groups in total. The Morgan fingerprint density at radius 3 is 2.69 bits per heavy atom. The summed E-state index contributed by atoms with van der Waals surface area (Å²) in [5, 5.41) is 10.0. The Hall–Kier alpha value is -3.65. The van der Waals surface area contributed by atoms with Crippen LogP contribution >= 0.6 is 0 Å². The summed E-state index contributed by atoms with van der Waals surface area (Å²) >= 11 is 0. The molecule has 8 nitrogen and oxygen atoms in total. The van der Waals surface area contributed by atoms with Crippen LogP contribution in [0.15, 0.2) is 57.7 Å². The normalized spacial score (nSPS) is 14.3. The first kappa shape index (κ1) is 24.5. The third-order valence-corrected chi connectivity index (χ3v) is 6.41. The zero-order valence-corrected chi connectivity index (χ0v) is 19.8. The topological polar surface area (TPSA) is 109 Å². The average Bonchev–Trinajstić information content (AvgIpc) is 3.27. The molecule has 2 amide bonds. The molecule has 8 heteroatoms. The van der Waals surface area contributed by atoms with Gasteiger partial charge in [0.2, 0.25) is 11.8 Å². The minimum atomic E-state index is -0.598. The van der Waals surface area contributed by atoms with E-state index < -0.39 is 17.5 Å². The number of hydrogen-bond donors (Lipinski definition) is 2. The summed E-state index contributed by atoms with van der Waals surface area (Å²) in [5.74, 6) is -0.236. The van der Waals surface area contributed by atoms with Gasteiger partial charge in [-0.05, 0) is 68.5 Å². The van der Waals surface area contributed by atoms with Crippen LogP contribution in [-0.2, 0) is 22.4 Å². The largest absolute Gasteiger partial charge is 0.492 e. The number of likely N-dealkylation sites (tertiary alicyclic amines) is 1. The van der Waals surface area contributed by atoms with Crippen molar-refractivity contribution in [3.63, 3.8) is 0 Å². The van der Waals surface area contributed by atoms with Gasteiger partial charge in [-0.1, -0.05) is 23.8 Å². The van der Waals surface area contributed by atoms with E-state index in [2.05, 4.69) is 0 Å². The standard InChI is InChI=1S/C27H30N2O6/c1-18-4-11-24-21(15-18)17-22(27(32)35-24)16-20(26(31)28-33)8-5-19-6-9-23(10-7-19)34-14-13-29-12-2-3-25(29)30/h4,6-7,9-11,15,17,20,33H,2-3,5,8,12-14,16H2,1H3,(H,28,31). The molecule has 1 aliphatic heterocycles. The predicted molar refractivity (Wildman–Crippen MR) is 130 cm³/mol. The van der Waals surface area contributed by atoms with Gasteiger partial charge in [-0.3, -0.25) is 14.8 Å². The molecule has 3 aromatic rings. The molecule has 2 heterocycles. The highest BCUT2D eigenvalue weighted by molar-refractivity contribution is 5.79. The summed E-state index contributed by atoms with van der Waals surface area (Å²) in [4.78, 5) is 38.3. The highest BCUT2D eigenvalue weighted by Gasteiger charge is 2.21. The Morgan fingerprint density at radius 2 is 1.97 bits per heavy atom. The summed E-state index contributed by atoms with van der Waals surface area (Å²) < 4.78 is 11.2. The van der Waals surface area contributed by atoms with Gasteiger partial charge in [-0.15, -0.1) is 0 Å². The summed E-state index contributed by atoms with van der Waals surface area (Å²) in [6.45, 7) is 3.78. The number of amides is 2. The SMILES string of the molecule is Cc1ccc2oc(=O)c(CC(CCc3ccc(OCCN4CCCC4=O)cc3)C(=O)NO)cc2c1. The molecule has 0 saturated carbocycles. The quantitative estimate of drug-likeness (QED) is 0.263. The lowest BCUT2D eigenvalue weighted by molar-refractivity contribution is -0.133. The molecule has 0 radical (unpaired) electrons. The number of carbonyl (C=O) groups is 2. The van der Waals surface area contributed by atoms with Crippen molar-refractivity contribution in [3.05, 3.63) is 75.6 Å². The Balaban J connectivity index is 1.35. The third-order valence-electron chi connectivity index (χ3n) is 6.41. The van der Waals surface area contributed by atoms with Crippen LogP contribution in [0, 0.1) is 12.8 Å². The fourth-order valence-electron chi connectivity index (χ4n) is 4.42. The van der Waals surface area contributed by atoms with Crippen molar-refractivity contribution in [3.8, 4) is 5.75 Å². The molecule has 184 valence electrons. The van der Waals surface area contributed by atoms with Crippen molar-refractivity contribution in [1.82, 2.24) is 10.4 Å². The van der Waals surface area contributed by atoms with Crippen molar-refractivity contribution in [1.29, 1.82) is 0 Å². The van der Waals surface area contributed by atoms with Gasteiger partial charge >= 0.3 is 5.63 Å². The maximum Gasteiger partial charge on any atom is 0.339 e. The molecule has 0 bridgehead atoms. The molecule has 1 aliphatic rings. The zero-order valence-electron chi connectivity index (χ0n) is 19.8. The molecule has 35 heavy (non-hydrogen) atoms. The molecule has 1 fully saturated rings. The van der Waals surface area contributed by atoms with Crippen molar-refractivity contribution in [2.45, 2.75) is 39.0 Å². The van der Waals surface area contributed by atoms with Gasteiger partial charge in [0.25, 0.3) is 0 Å². The van der Waals surface area contributed by atoms with Gasteiger partial charge < -0.3 is 14.1 Å². The minimum absolute atomic E-state index is 0.162. The molecular weight excluding hydrogens is 448 g/mol. The number of fused-ring (bicyclic) bond motifs is 1. The molecule has 2 aromatic carbocycles. The molecule has 4 rings (SSSR count). The van der Waals surface area contributed by atoms with Crippen LogP contribution in [0.5, 0.6) is 5.75 Å². The van der Waals surface area contributed by atoms with Crippen LogP contribution < -0.4 is 15.8 Å². The first-order valence-corrected chi connectivity index (χ1v) is 11.9. The number of carbonyl (C=O) groups excluding carboxylic acids is 2. The molecule has 0 aliphatic carbocycles. The predicted octanol–water partition coefficient (Wildman–Crippen LogP) is 3.40. The lowest BCUT2D eigenvalue weighted by atomic mass is 9.92. The molecule has 1 atom stereocenters. The van der Waals surface area contributed by atoms with Crippen molar-refractivity contribution in [2.24, 2.45) is 5.92 Å². The van der Waals surface area contributed by atoms with E-state index in [0.717, 1.165) is 29.5 Å². The Morgan fingerprint density at radius 1 is 1.17 bits per heavy atom. The second-order valence-electron chi connectivity index (χ2n) is 8.99. The van der Waals surface area contributed by atoms with Gasteiger partial charge in [0.05, 0.1) is 6.54 Å². The van der Waals surface area contributed by atoms with Crippen LogP contribution in [-0.4, -0.2) is 41.6 Å². The lowest BCUT2D eigenvalue weighted by Gasteiger charge is -2.16. The summed E-state index contributed by atoms with van der Waals surface area (Å²) in [6.07, 6.45) is 2.71. The lowest BCUT2D eigenvalue weighted by Crippen LogP contribution is -2.31. The summed E-state index contributed by atoms with van der Waals surface area (Å²) in [6, 6.07) is 14.9. The van der Waals surface area contributed by atoms with E-state index in [4.69, 9.17) is 9.15 Å². The van der Waals surface area contributed by atoms with E-state index in [1.165, 1.54) is 0 Å². The van der Waals surface area contributed by atoms with Gasteiger partial charge in [-0.25, -0.2) is 10.3 Å². The van der Waals surface area contributed by atoms with Crippen LogP contribution in [0.1, 0.15) is 36.0 Å². The number of hydroxylamine groups is 1. The van der Waals surface area contributed by atoms with E-state index in [0.29, 0.717) is 49.3 Å². The molecule has 1 saturated heterocycles. The first-order chi connectivity index (χ1) is 16.9. The number of aryl methyl sites for hydroxylation is 2. The number of benzene rings is 2. The Kier molecular flexibility index (Phi) is 7.82. The van der Waals surface area contributed by atoms with Crippen molar-refractivity contribution >= 4 is 22.8 Å². The van der Waals surface area contributed by atoms with E-state index in [1.54, 1.807) is 17.6 Å². The maximum atomic E-state index is 12.5. The monoisotopic (exact) mass is 478 g/mol. The van der Waals surface area contributed by atoms with Gasteiger partial charge in [0.1, 0.15) is 17.9 Å². The highest BCUT2D eigenvalue weighted by atomic mass is 16.5. The highest BCUT2D eigenvalue weighted by Crippen LogP contribution is 2.21. The molecule has 0 spiro atoms. The molecule has 1 aromatic heterocycles. The third kappa shape index (κ3) is 6.27. The average molecular weight is 479 g/mol. The van der Waals surface area contributed by atoms with Crippen LogP contribution in [0.3, 0.4) is 0 Å². The van der Waals surface area contributed by atoms with Gasteiger partial charge in [-0.2, -0.15) is 0 Å². The van der Waals surface area contributed by atoms with Gasteiger partial charge in [0.15, 0.2) is 0 Å². The number of rotatable bonds is 10. The maximum absolute atomic E-state index is 12.5. The minimum Gasteiger partial charge on any atom is -0.492 e. The smallest absolute Gasteiger partial charge is 0.339 e. The molecular formula is C27H30N2O6. The number of ether oxygens (including phenoxy) is 1. The molecule has 1 unspecified atom stereocenters. The van der Waals surface area contributed by atoms with Crippen LogP contribution in [0.4, 0.5) is 0 Å². The fourth-order valence-corrected chi connectivity index (χ4v) is 4.42. The Bertz CT molecular complexity index is 1250. The van der Waals surface area contributed by atoms with Gasteiger partial charge in [0, 0.05) is 29.8 Å². The first-order valence-electron chi connectivity index (χ1n) is 11.9. The summed E-state index contributed by atoms with van der Waals surface area (Å²) in [5.41, 5.74) is 4.19. The zero-order chi connectivity index (χ0) is 24.8. The van der Waals surface area contributed by atoms with E-state index in [1.807, 2.05) is 48.2 Å². The fraction of sp³-hybridized carbons (Fsp3) is 0.370. The summed E-state index contributed by atoms with van der Waals surface area (Å²) in [7, 11) is 0. The van der Waals surface area contributed by atoms with Crippen molar-refractivity contribution < 1.29 is 24.0 Å². The number of nitrogens with one attached hydrogen (secondary N) is 1. The number of nitrogens with zero attached hydrogens (tertiary/aromatic N) is 1. The van der Waals surface area contributed by atoms with Crippen molar-refractivity contribution in [2.75, 3.05) is 19.7 Å². The second kappa shape index (κ2) is 11.2. The van der Waals surface area contributed by atoms with E-state index >= 15 is 0 Å². The van der Waals surface area contributed by atoms with E-state index in [-0.39, 0.29) is 12.3 Å². The van der Waals surface area contributed by atoms with E-state index in [9.17, 15) is 19.6 Å².